The number of hydrogen-bond acceptors (Lipinski definition) is 6. The number of esters is 2. The summed E-state index contributed by atoms with van der Waals surface area (Å²) in [5, 5.41) is 3.16. The second-order valence-electron chi connectivity index (χ2n) is 5.98. The monoisotopic (exact) mass is 373 g/mol. The Bertz CT molecular complexity index is 736. The Morgan fingerprint density at radius 2 is 1.52 bits per heavy atom. The molecule has 0 radical (unpaired) electrons. The number of nitrogens with one attached hydrogen (secondary N) is 1. The van der Waals surface area contributed by atoms with Crippen LogP contribution < -0.4 is 5.32 Å². The molecule has 6 nitrogen and oxygen atoms in total. The highest BCUT2D eigenvalue weighted by Crippen LogP contribution is 2.39. The summed E-state index contributed by atoms with van der Waals surface area (Å²) in [6, 6.07) is 9.42. The van der Waals surface area contributed by atoms with E-state index in [1.54, 1.807) is 20.8 Å². The van der Waals surface area contributed by atoms with Gasteiger partial charge in [-0.25, -0.2) is 9.59 Å². The van der Waals surface area contributed by atoms with Crippen molar-refractivity contribution in [2.45, 2.75) is 33.6 Å². The van der Waals surface area contributed by atoms with E-state index in [1.165, 1.54) is 0 Å². The summed E-state index contributed by atoms with van der Waals surface area (Å²) in [4.78, 5) is 25.6. The Labute approximate surface area is 160 Å². The van der Waals surface area contributed by atoms with Gasteiger partial charge in [-0.05, 0) is 33.3 Å². The molecule has 0 saturated carbocycles. The van der Waals surface area contributed by atoms with Crippen LogP contribution >= 0.6 is 0 Å². The standard InChI is InChI=1S/C21H27NO5/c1-5-25-13-16-19(21(24)27-7-3)18(15-11-9-8-10-12-15)17(14(4)22-16)20(23)26-6-2/h8-12,18,22H,5-7,13H2,1-4H3. The highest BCUT2D eigenvalue weighted by Gasteiger charge is 2.38. The van der Waals surface area contributed by atoms with E-state index in [0.29, 0.717) is 29.1 Å². The molecule has 1 aromatic carbocycles. The van der Waals surface area contributed by atoms with Crippen molar-refractivity contribution in [1.29, 1.82) is 0 Å². The molecule has 0 aliphatic carbocycles. The van der Waals surface area contributed by atoms with E-state index in [0.717, 1.165) is 5.56 Å². The first-order chi connectivity index (χ1) is 13.0. The molecule has 0 aromatic heterocycles. The van der Waals surface area contributed by atoms with Crippen LogP contribution in [0.5, 0.6) is 0 Å². The van der Waals surface area contributed by atoms with Crippen LogP contribution in [0.4, 0.5) is 0 Å². The molecule has 1 atom stereocenters. The summed E-state index contributed by atoms with van der Waals surface area (Å²) in [6.07, 6.45) is 0. The molecule has 2 rings (SSSR count). The van der Waals surface area contributed by atoms with Crippen molar-refractivity contribution in [2.75, 3.05) is 26.4 Å². The van der Waals surface area contributed by atoms with Gasteiger partial charge in [0.1, 0.15) is 0 Å². The first-order valence-corrected chi connectivity index (χ1v) is 9.22. The minimum atomic E-state index is -0.582. The molecule has 0 bridgehead atoms. The highest BCUT2D eigenvalue weighted by atomic mass is 16.5. The Balaban J connectivity index is 2.63. The molecular weight excluding hydrogens is 346 g/mol. The van der Waals surface area contributed by atoms with E-state index >= 15 is 0 Å². The molecule has 1 heterocycles. The summed E-state index contributed by atoms with van der Waals surface area (Å²) in [5.41, 5.74) is 2.86. The average Bonchev–Trinajstić information content (AvgIpc) is 2.66. The van der Waals surface area contributed by atoms with E-state index < -0.39 is 17.9 Å². The minimum Gasteiger partial charge on any atom is -0.463 e. The summed E-state index contributed by atoms with van der Waals surface area (Å²) < 4.78 is 16.1. The van der Waals surface area contributed by atoms with Gasteiger partial charge in [0.2, 0.25) is 0 Å². The molecule has 1 aromatic rings. The molecule has 0 fully saturated rings. The summed E-state index contributed by atoms with van der Waals surface area (Å²) in [6.45, 7) is 8.41. The number of carbonyl (C=O) groups excluding carboxylic acids is 2. The van der Waals surface area contributed by atoms with Crippen molar-refractivity contribution < 1.29 is 23.8 Å². The molecular formula is C21H27NO5. The SMILES string of the molecule is CCOCC1=C(C(=O)OCC)C(c2ccccc2)C(C(=O)OCC)=C(C)N1. The van der Waals surface area contributed by atoms with Gasteiger partial charge in [0.05, 0.1) is 42.6 Å². The third kappa shape index (κ3) is 4.77. The van der Waals surface area contributed by atoms with Crippen LogP contribution in [-0.2, 0) is 23.8 Å². The van der Waals surface area contributed by atoms with Gasteiger partial charge in [-0.1, -0.05) is 30.3 Å². The third-order valence-corrected chi connectivity index (χ3v) is 4.22. The van der Waals surface area contributed by atoms with Crippen molar-refractivity contribution in [3.8, 4) is 0 Å². The molecule has 0 saturated heterocycles. The molecule has 1 aliphatic heterocycles. The van der Waals surface area contributed by atoms with Crippen LogP contribution in [0, 0.1) is 0 Å². The van der Waals surface area contributed by atoms with Crippen molar-refractivity contribution in [3.05, 3.63) is 58.4 Å². The zero-order valence-electron chi connectivity index (χ0n) is 16.3. The normalized spacial score (nSPS) is 16.8. The van der Waals surface area contributed by atoms with Crippen molar-refractivity contribution in [3.63, 3.8) is 0 Å². The first kappa shape index (κ1) is 20.7. The number of carbonyl (C=O) groups is 2. The predicted octanol–water partition coefficient (Wildman–Crippen LogP) is 3.06. The van der Waals surface area contributed by atoms with Crippen LogP contribution in [0.25, 0.3) is 0 Å². The zero-order valence-corrected chi connectivity index (χ0v) is 16.3. The third-order valence-electron chi connectivity index (χ3n) is 4.22. The first-order valence-electron chi connectivity index (χ1n) is 9.22. The Hall–Kier alpha value is -2.60. The quantitative estimate of drug-likeness (QED) is 0.706. The summed E-state index contributed by atoms with van der Waals surface area (Å²) in [7, 11) is 0. The van der Waals surface area contributed by atoms with Crippen LogP contribution in [0.1, 0.15) is 39.2 Å². The molecule has 0 spiro atoms. The number of hydrogen-bond donors (Lipinski definition) is 1. The van der Waals surface area contributed by atoms with Gasteiger partial charge in [0, 0.05) is 12.3 Å². The second kappa shape index (κ2) is 9.92. The molecule has 27 heavy (non-hydrogen) atoms. The fourth-order valence-electron chi connectivity index (χ4n) is 3.12. The van der Waals surface area contributed by atoms with Crippen molar-refractivity contribution >= 4 is 11.9 Å². The Morgan fingerprint density at radius 3 is 2.07 bits per heavy atom. The lowest BCUT2D eigenvalue weighted by Gasteiger charge is -2.31. The molecule has 6 heteroatoms. The molecule has 1 N–H and O–H groups in total. The van der Waals surface area contributed by atoms with Gasteiger partial charge in [-0.2, -0.15) is 0 Å². The number of rotatable bonds is 8. The van der Waals surface area contributed by atoms with Crippen LogP contribution in [0.15, 0.2) is 52.9 Å². The van der Waals surface area contributed by atoms with E-state index in [9.17, 15) is 9.59 Å². The van der Waals surface area contributed by atoms with Gasteiger partial charge in [0.25, 0.3) is 0 Å². The smallest absolute Gasteiger partial charge is 0.336 e. The molecule has 0 amide bonds. The second-order valence-corrected chi connectivity index (χ2v) is 5.98. The predicted molar refractivity (Wildman–Crippen MR) is 102 cm³/mol. The lowest BCUT2D eigenvalue weighted by atomic mass is 9.80. The largest absolute Gasteiger partial charge is 0.463 e. The fraction of sp³-hybridized carbons (Fsp3) is 0.429. The van der Waals surface area contributed by atoms with Crippen LogP contribution in [0.2, 0.25) is 0 Å². The van der Waals surface area contributed by atoms with Crippen LogP contribution in [-0.4, -0.2) is 38.4 Å². The number of allylic oxidation sites excluding steroid dienone is 1. The maximum absolute atomic E-state index is 12.8. The van der Waals surface area contributed by atoms with E-state index in [1.807, 2.05) is 37.3 Å². The van der Waals surface area contributed by atoms with Gasteiger partial charge >= 0.3 is 11.9 Å². The Kier molecular flexibility index (Phi) is 7.61. The zero-order chi connectivity index (χ0) is 19.8. The molecule has 1 unspecified atom stereocenters. The minimum absolute atomic E-state index is 0.224. The number of ether oxygens (including phenoxy) is 3. The van der Waals surface area contributed by atoms with Crippen molar-refractivity contribution in [2.24, 2.45) is 0 Å². The molecule has 1 aliphatic rings. The Morgan fingerprint density at radius 1 is 0.926 bits per heavy atom. The summed E-state index contributed by atoms with van der Waals surface area (Å²) in [5.74, 6) is -1.50. The van der Waals surface area contributed by atoms with E-state index in [-0.39, 0.29) is 19.8 Å². The lowest BCUT2D eigenvalue weighted by molar-refractivity contribution is -0.139. The van der Waals surface area contributed by atoms with E-state index in [4.69, 9.17) is 14.2 Å². The van der Waals surface area contributed by atoms with Crippen molar-refractivity contribution in [1.82, 2.24) is 5.32 Å². The van der Waals surface area contributed by atoms with E-state index in [2.05, 4.69) is 5.32 Å². The maximum atomic E-state index is 12.8. The molecule has 146 valence electrons. The fourth-order valence-corrected chi connectivity index (χ4v) is 3.12. The van der Waals surface area contributed by atoms with Gasteiger partial charge in [-0.3, -0.25) is 0 Å². The van der Waals surface area contributed by atoms with Crippen LogP contribution in [0.3, 0.4) is 0 Å². The average molecular weight is 373 g/mol. The van der Waals surface area contributed by atoms with Gasteiger partial charge in [0.15, 0.2) is 0 Å². The number of benzene rings is 1. The topological polar surface area (TPSA) is 73.9 Å². The van der Waals surface area contributed by atoms with Gasteiger partial charge < -0.3 is 19.5 Å². The van der Waals surface area contributed by atoms with Gasteiger partial charge in [-0.15, -0.1) is 0 Å². The summed E-state index contributed by atoms with van der Waals surface area (Å²) >= 11 is 0. The lowest BCUT2D eigenvalue weighted by Crippen LogP contribution is -2.34. The maximum Gasteiger partial charge on any atom is 0.336 e. The number of dihydropyridines is 1. The highest BCUT2D eigenvalue weighted by molar-refractivity contribution is 6.00.